The van der Waals surface area contributed by atoms with Crippen LogP contribution in [0, 0.1) is 6.92 Å². The third-order valence-corrected chi connectivity index (χ3v) is 5.14. The summed E-state index contributed by atoms with van der Waals surface area (Å²) >= 11 is 0. The topological polar surface area (TPSA) is 59.4 Å². The van der Waals surface area contributed by atoms with Crippen molar-refractivity contribution < 1.29 is 13.2 Å². The number of nitrogens with zero attached hydrogens (tertiary/aromatic N) is 2. The van der Waals surface area contributed by atoms with Crippen LogP contribution < -0.4 is 0 Å². The fourth-order valence-corrected chi connectivity index (χ4v) is 3.14. The largest absolute Gasteiger partial charge is 0.348 e. The quantitative estimate of drug-likeness (QED) is 0.792. The maximum Gasteiger partial charge on any atom is 0.243 e. The number of rotatable bonds is 5. The highest BCUT2D eigenvalue weighted by atomic mass is 32.2. The molecule has 0 aliphatic carbocycles. The molecule has 0 atom stereocenters. The number of carbonyl (C=O) groups is 1. The van der Waals surface area contributed by atoms with Gasteiger partial charge in [0.05, 0.1) is 17.1 Å². The molecule has 0 amide bonds. The molecule has 1 heterocycles. The van der Waals surface area contributed by atoms with Gasteiger partial charge in [-0.05, 0) is 31.2 Å². The van der Waals surface area contributed by atoms with Gasteiger partial charge in [0.1, 0.15) is 0 Å². The van der Waals surface area contributed by atoms with Crippen molar-refractivity contribution in [2.75, 3.05) is 13.6 Å². The third kappa shape index (κ3) is 3.22. The fourth-order valence-electron chi connectivity index (χ4n) is 2.01. The molecule has 0 aliphatic heterocycles. The van der Waals surface area contributed by atoms with Gasteiger partial charge >= 0.3 is 0 Å². The predicted molar refractivity (Wildman–Crippen MR) is 80.7 cm³/mol. The van der Waals surface area contributed by atoms with Crippen molar-refractivity contribution in [1.29, 1.82) is 0 Å². The lowest BCUT2D eigenvalue weighted by Gasteiger charge is -2.16. The second-order valence-corrected chi connectivity index (χ2v) is 7.05. The number of hydrogen-bond donors (Lipinski definition) is 0. The summed E-state index contributed by atoms with van der Waals surface area (Å²) in [6, 6.07) is 10.00. The minimum absolute atomic E-state index is 0.186. The molecule has 2 aromatic rings. The molecule has 0 saturated heterocycles. The third-order valence-electron chi connectivity index (χ3n) is 3.32. The molecule has 0 fully saturated rings. The van der Waals surface area contributed by atoms with Crippen LogP contribution >= 0.6 is 0 Å². The zero-order valence-corrected chi connectivity index (χ0v) is 13.1. The molecule has 1 aromatic carbocycles. The van der Waals surface area contributed by atoms with Gasteiger partial charge < -0.3 is 4.57 Å². The van der Waals surface area contributed by atoms with Gasteiger partial charge in [0.15, 0.2) is 5.78 Å². The maximum atomic E-state index is 12.4. The van der Waals surface area contributed by atoms with Crippen molar-refractivity contribution in [2.24, 2.45) is 7.05 Å². The summed E-state index contributed by atoms with van der Waals surface area (Å²) in [7, 11) is -0.487. The molecule has 5 nitrogen and oxygen atoms in total. The lowest BCUT2D eigenvalue weighted by atomic mass is 10.2. The van der Waals surface area contributed by atoms with Gasteiger partial charge in [0.25, 0.3) is 0 Å². The highest BCUT2D eigenvalue weighted by Gasteiger charge is 2.23. The van der Waals surface area contributed by atoms with E-state index >= 15 is 0 Å². The van der Waals surface area contributed by atoms with Gasteiger partial charge in [-0.3, -0.25) is 4.79 Å². The second kappa shape index (κ2) is 5.83. The molecule has 0 spiro atoms. The van der Waals surface area contributed by atoms with Crippen LogP contribution in [0.25, 0.3) is 0 Å². The van der Waals surface area contributed by atoms with Crippen LogP contribution in [0.3, 0.4) is 0 Å². The summed E-state index contributed by atoms with van der Waals surface area (Å²) in [4.78, 5) is 12.3. The van der Waals surface area contributed by atoms with E-state index in [1.54, 1.807) is 54.2 Å². The molecule has 112 valence electrons. The van der Waals surface area contributed by atoms with Crippen molar-refractivity contribution in [3.05, 3.63) is 53.9 Å². The first-order valence-electron chi connectivity index (χ1n) is 6.50. The Bertz CT molecular complexity index is 745. The molecular formula is C15H18N2O3S. The van der Waals surface area contributed by atoms with Crippen LogP contribution in [0.15, 0.2) is 47.5 Å². The summed E-state index contributed by atoms with van der Waals surface area (Å²) in [6.07, 6.45) is 1.75. The van der Waals surface area contributed by atoms with Crippen LogP contribution in [-0.2, 0) is 17.1 Å². The first-order chi connectivity index (χ1) is 9.82. The zero-order valence-electron chi connectivity index (χ0n) is 12.3. The summed E-state index contributed by atoms with van der Waals surface area (Å²) in [6.45, 7) is 1.70. The maximum absolute atomic E-state index is 12.4. The van der Waals surface area contributed by atoms with Crippen molar-refractivity contribution in [1.82, 2.24) is 8.87 Å². The Labute approximate surface area is 124 Å². The van der Waals surface area contributed by atoms with E-state index in [0.717, 1.165) is 9.87 Å². The van der Waals surface area contributed by atoms with E-state index in [0.29, 0.717) is 5.69 Å². The van der Waals surface area contributed by atoms with E-state index in [4.69, 9.17) is 0 Å². The Balaban J connectivity index is 2.19. The minimum atomic E-state index is -3.65. The summed E-state index contributed by atoms with van der Waals surface area (Å²) in [5, 5.41) is 0. The van der Waals surface area contributed by atoms with E-state index in [-0.39, 0.29) is 17.2 Å². The van der Waals surface area contributed by atoms with Crippen molar-refractivity contribution in [3.63, 3.8) is 0 Å². The average molecular weight is 306 g/mol. The van der Waals surface area contributed by atoms with Gasteiger partial charge in [-0.2, -0.15) is 4.31 Å². The lowest BCUT2D eigenvalue weighted by Crippen LogP contribution is -2.32. The Morgan fingerprint density at radius 1 is 1.19 bits per heavy atom. The normalized spacial score (nSPS) is 11.8. The summed E-state index contributed by atoms with van der Waals surface area (Å²) < 4.78 is 27.6. The minimum Gasteiger partial charge on any atom is -0.348 e. The lowest BCUT2D eigenvalue weighted by molar-refractivity contribution is 0.0965. The fraction of sp³-hybridized carbons (Fsp3) is 0.267. The smallest absolute Gasteiger partial charge is 0.243 e. The van der Waals surface area contributed by atoms with Crippen molar-refractivity contribution >= 4 is 15.8 Å². The van der Waals surface area contributed by atoms with E-state index in [1.807, 2.05) is 6.92 Å². The number of likely N-dealkylation sites (N-methyl/N-ethyl adjacent to an activating group) is 1. The Kier molecular flexibility index (Phi) is 4.29. The predicted octanol–water partition coefficient (Wildman–Crippen LogP) is 1.84. The monoisotopic (exact) mass is 306 g/mol. The molecule has 21 heavy (non-hydrogen) atoms. The average Bonchev–Trinajstić information content (AvgIpc) is 2.85. The van der Waals surface area contributed by atoms with E-state index < -0.39 is 10.0 Å². The molecule has 2 rings (SSSR count). The SMILES string of the molecule is Cc1ccc(S(=O)(=O)N(C)CC(=O)c2cccn2C)cc1. The standard InChI is InChI=1S/C15H18N2O3S/c1-12-6-8-13(9-7-12)21(19,20)17(3)11-15(18)14-5-4-10-16(14)2/h4-10H,11H2,1-3H3. The van der Waals surface area contributed by atoms with Crippen LogP contribution in [0.1, 0.15) is 16.1 Å². The highest BCUT2D eigenvalue weighted by molar-refractivity contribution is 7.89. The molecule has 1 aromatic heterocycles. The number of aryl methyl sites for hydroxylation is 2. The van der Waals surface area contributed by atoms with Crippen LogP contribution in [0.4, 0.5) is 0 Å². The molecule has 0 bridgehead atoms. The molecule has 0 aliphatic rings. The van der Waals surface area contributed by atoms with E-state index in [9.17, 15) is 13.2 Å². The molecule has 0 N–H and O–H groups in total. The van der Waals surface area contributed by atoms with Crippen LogP contribution in [0.5, 0.6) is 0 Å². The summed E-state index contributed by atoms with van der Waals surface area (Å²) in [5.41, 5.74) is 1.47. The number of sulfonamides is 1. The van der Waals surface area contributed by atoms with Gasteiger partial charge in [0, 0.05) is 20.3 Å². The summed E-state index contributed by atoms with van der Waals surface area (Å²) in [5.74, 6) is -0.235. The Morgan fingerprint density at radius 3 is 2.33 bits per heavy atom. The van der Waals surface area contributed by atoms with Crippen molar-refractivity contribution in [2.45, 2.75) is 11.8 Å². The van der Waals surface area contributed by atoms with Gasteiger partial charge in [-0.15, -0.1) is 0 Å². The molecular weight excluding hydrogens is 288 g/mol. The molecule has 0 radical (unpaired) electrons. The Hall–Kier alpha value is -1.92. The number of ketones is 1. The van der Waals surface area contributed by atoms with Gasteiger partial charge in [0.2, 0.25) is 10.0 Å². The Morgan fingerprint density at radius 2 is 1.81 bits per heavy atom. The number of aromatic nitrogens is 1. The van der Waals surface area contributed by atoms with Crippen LogP contribution in [0.2, 0.25) is 0 Å². The number of Topliss-reactive ketones (excluding diaryl/α,β-unsaturated/α-hetero) is 1. The van der Waals surface area contributed by atoms with Crippen molar-refractivity contribution in [3.8, 4) is 0 Å². The molecule has 0 saturated carbocycles. The van der Waals surface area contributed by atoms with E-state index in [1.165, 1.54) is 7.05 Å². The van der Waals surface area contributed by atoms with Gasteiger partial charge in [-0.25, -0.2) is 8.42 Å². The van der Waals surface area contributed by atoms with Gasteiger partial charge in [-0.1, -0.05) is 17.7 Å². The number of carbonyl (C=O) groups excluding carboxylic acids is 1. The molecule has 0 unspecified atom stereocenters. The number of benzene rings is 1. The van der Waals surface area contributed by atoms with Crippen LogP contribution in [-0.4, -0.2) is 36.7 Å². The molecule has 6 heteroatoms. The first kappa shape index (κ1) is 15.5. The number of hydrogen-bond acceptors (Lipinski definition) is 3. The first-order valence-corrected chi connectivity index (χ1v) is 7.94. The second-order valence-electron chi connectivity index (χ2n) is 5.00. The highest BCUT2D eigenvalue weighted by Crippen LogP contribution is 2.15. The zero-order chi connectivity index (χ0) is 15.6. The van der Waals surface area contributed by atoms with E-state index in [2.05, 4.69) is 0 Å².